The van der Waals surface area contributed by atoms with Gasteiger partial charge >= 0.3 is 0 Å². The van der Waals surface area contributed by atoms with Crippen LogP contribution in [0.2, 0.25) is 0 Å². The molecule has 0 aliphatic carbocycles. The molecule has 2 rings (SSSR count). The molecule has 0 fully saturated rings. The molecule has 2 aromatic rings. The summed E-state index contributed by atoms with van der Waals surface area (Å²) in [5.74, 6) is 0. The first-order chi connectivity index (χ1) is 9.13. The maximum atomic E-state index is 3.26. The number of nitrogens with zero attached hydrogens (tertiary/aromatic N) is 1. The van der Waals surface area contributed by atoms with Gasteiger partial charge in [0, 0.05) is 24.5 Å². The summed E-state index contributed by atoms with van der Waals surface area (Å²) >= 11 is 0. The van der Waals surface area contributed by atoms with Gasteiger partial charge in [-0.05, 0) is 50.2 Å². The van der Waals surface area contributed by atoms with Crippen molar-refractivity contribution in [3.8, 4) is 0 Å². The predicted molar refractivity (Wildman–Crippen MR) is 83.2 cm³/mol. The van der Waals surface area contributed by atoms with Crippen LogP contribution >= 0.6 is 0 Å². The Morgan fingerprint density at radius 3 is 2.21 bits per heavy atom. The van der Waals surface area contributed by atoms with Crippen molar-refractivity contribution in [3.63, 3.8) is 0 Å². The number of para-hydroxylation sites is 1. The number of rotatable bonds is 4. The van der Waals surface area contributed by atoms with Gasteiger partial charge < -0.3 is 10.2 Å². The van der Waals surface area contributed by atoms with Crippen molar-refractivity contribution in [2.75, 3.05) is 19.0 Å². The monoisotopic (exact) mass is 254 g/mol. The van der Waals surface area contributed by atoms with Crippen molar-refractivity contribution in [2.24, 2.45) is 0 Å². The van der Waals surface area contributed by atoms with E-state index in [1.807, 2.05) is 7.05 Å². The first-order valence-corrected chi connectivity index (χ1v) is 6.70. The highest BCUT2D eigenvalue weighted by molar-refractivity contribution is 5.65. The molecular formula is C17H22N2. The van der Waals surface area contributed by atoms with Gasteiger partial charge in [0.15, 0.2) is 0 Å². The average molecular weight is 254 g/mol. The number of benzene rings is 2. The normalized spacial score (nSPS) is 12.2. The van der Waals surface area contributed by atoms with E-state index in [2.05, 4.69) is 79.6 Å². The van der Waals surface area contributed by atoms with E-state index in [1.54, 1.807) is 0 Å². The number of aryl methyl sites for hydroxylation is 1. The fourth-order valence-corrected chi connectivity index (χ4v) is 2.23. The molecule has 0 aromatic heterocycles. The smallest absolute Gasteiger partial charge is 0.0437 e. The van der Waals surface area contributed by atoms with Crippen LogP contribution in [0.25, 0.3) is 0 Å². The number of nitrogens with one attached hydrogen (secondary N) is 1. The van der Waals surface area contributed by atoms with E-state index in [-0.39, 0.29) is 0 Å². The van der Waals surface area contributed by atoms with Gasteiger partial charge in [0.2, 0.25) is 0 Å². The van der Waals surface area contributed by atoms with Crippen LogP contribution in [0.4, 0.5) is 11.4 Å². The minimum Gasteiger partial charge on any atom is -0.344 e. The summed E-state index contributed by atoms with van der Waals surface area (Å²) in [6.07, 6.45) is 0. The van der Waals surface area contributed by atoms with E-state index in [4.69, 9.17) is 0 Å². The van der Waals surface area contributed by atoms with Gasteiger partial charge in [-0.3, -0.25) is 0 Å². The van der Waals surface area contributed by atoms with Gasteiger partial charge in [0.05, 0.1) is 0 Å². The molecule has 100 valence electrons. The van der Waals surface area contributed by atoms with Gasteiger partial charge in [-0.1, -0.05) is 30.3 Å². The molecule has 1 atom stereocenters. The molecule has 0 aliphatic rings. The fourth-order valence-electron chi connectivity index (χ4n) is 2.23. The Hall–Kier alpha value is -1.80. The molecular weight excluding hydrogens is 232 g/mol. The van der Waals surface area contributed by atoms with Gasteiger partial charge in [0.1, 0.15) is 0 Å². The molecule has 0 heterocycles. The van der Waals surface area contributed by atoms with Crippen LogP contribution in [0.3, 0.4) is 0 Å². The fraction of sp³-hybridized carbons (Fsp3) is 0.294. The van der Waals surface area contributed by atoms with E-state index >= 15 is 0 Å². The second-order valence-electron chi connectivity index (χ2n) is 4.95. The van der Waals surface area contributed by atoms with Crippen LogP contribution in [0, 0.1) is 6.92 Å². The van der Waals surface area contributed by atoms with Crippen LogP contribution in [-0.2, 0) is 0 Å². The van der Waals surface area contributed by atoms with Crippen molar-refractivity contribution >= 4 is 11.4 Å². The Labute approximate surface area is 116 Å². The van der Waals surface area contributed by atoms with Gasteiger partial charge in [-0.2, -0.15) is 0 Å². The Bertz CT molecular complexity index is 531. The molecule has 0 radical (unpaired) electrons. The zero-order valence-electron chi connectivity index (χ0n) is 12.1. The quantitative estimate of drug-likeness (QED) is 0.885. The third-order valence-corrected chi connectivity index (χ3v) is 3.69. The molecule has 19 heavy (non-hydrogen) atoms. The second kappa shape index (κ2) is 5.89. The highest BCUT2D eigenvalue weighted by Crippen LogP contribution is 2.27. The third-order valence-electron chi connectivity index (χ3n) is 3.69. The van der Waals surface area contributed by atoms with Gasteiger partial charge in [-0.25, -0.2) is 0 Å². The summed E-state index contributed by atoms with van der Waals surface area (Å²) in [5, 5.41) is 3.26. The summed E-state index contributed by atoms with van der Waals surface area (Å²) in [5.41, 5.74) is 5.06. The largest absolute Gasteiger partial charge is 0.344 e. The van der Waals surface area contributed by atoms with E-state index in [9.17, 15) is 0 Å². The van der Waals surface area contributed by atoms with E-state index in [1.165, 1.54) is 22.5 Å². The molecule has 0 amide bonds. The van der Waals surface area contributed by atoms with Crippen LogP contribution < -0.4 is 10.2 Å². The van der Waals surface area contributed by atoms with E-state index in [0.29, 0.717) is 6.04 Å². The molecule has 0 bridgehead atoms. The van der Waals surface area contributed by atoms with Crippen molar-refractivity contribution in [1.29, 1.82) is 0 Å². The van der Waals surface area contributed by atoms with E-state index < -0.39 is 0 Å². The predicted octanol–water partition coefficient (Wildman–Crippen LogP) is 4.04. The molecule has 0 saturated carbocycles. The Kier molecular flexibility index (Phi) is 4.23. The molecule has 2 nitrogen and oxygen atoms in total. The standard InChI is InChI=1S/C17H22N2/c1-13-7-5-6-8-17(13)19(4)16-11-9-15(10-12-16)14(2)18-3/h5-12,14,18H,1-4H3. The van der Waals surface area contributed by atoms with Crippen LogP contribution in [0.1, 0.15) is 24.1 Å². The van der Waals surface area contributed by atoms with Crippen molar-refractivity contribution in [3.05, 3.63) is 59.7 Å². The zero-order chi connectivity index (χ0) is 13.8. The van der Waals surface area contributed by atoms with Crippen LogP contribution in [0.15, 0.2) is 48.5 Å². The highest BCUT2D eigenvalue weighted by Gasteiger charge is 2.07. The second-order valence-corrected chi connectivity index (χ2v) is 4.95. The lowest BCUT2D eigenvalue weighted by molar-refractivity contribution is 0.652. The summed E-state index contributed by atoms with van der Waals surface area (Å²) in [7, 11) is 4.09. The number of hydrogen-bond acceptors (Lipinski definition) is 2. The number of anilines is 2. The highest BCUT2D eigenvalue weighted by atomic mass is 15.1. The lowest BCUT2D eigenvalue weighted by Gasteiger charge is -2.22. The Morgan fingerprint density at radius 1 is 1.00 bits per heavy atom. The minimum absolute atomic E-state index is 0.387. The first-order valence-electron chi connectivity index (χ1n) is 6.70. The lowest BCUT2D eigenvalue weighted by Crippen LogP contribution is -2.13. The molecule has 0 spiro atoms. The summed E-state index contributed by atoms with van der Waals surface area (Å²) in [6.45, 7) is 4.31. The van der Waals surface area contributed by atoms with Crippen LogP contribution in [0.5, 0.6) is 0 Å². The van der Waals surface area contributed by atoms with Crippen molar-refractivity contribution in [1.82, 2.24) is 5.32 Å². The molecule has 1 N–H and O–H groups in total. The molecule has 2 heteroatoms. The minimum atomic E-state index is 0.387. The SMILES string of the molecule is CNC(C)c1ccc(N(C)c2ccccc2C)cc1. The first kappa shape index (κ1) is 13.6. The third kappa shape index (κ3) is 2.96. The summed E-state index contributed by atoms with van der Waals surface area (Å²) in [6, 6.07) is 17.6. The topological polar surface area (TPSA) is 15.3 Å². The average Bonchev–Trinajstić information content (AvgIpc) is 2.46. The molecule has 0 aliphatic heterocycles. The Balaban J connectivity index is 2.25. The molecule has 2 aromatic carbocycles. The molecule has 1 unspecified atom stereocenters. The lowest BCUT2D eigenvalue weighted by atomic mass is 10.1. The zero-order valence-corrected chi connectivity index (χ0v) is 12.1. The number of hydrogen-bond donors (Lipinski definition) is 1. The van der Waals surface area contributed by atoms with Crippen LogP contribution in [-0.4, -0.2) is 14.1 Å². The molecule has 0 saturated heterocycles. The van der Waals surface area contributed by atoms with Crippen molar-refractivity contribution < 1.29 is 0 Å². The maximum Gasteiger partial charge on any atom is 0.0437 e. The summed E-state index contributed by atoms with van der Waals surface area (Å²) in [4.78, 5) is 2.23. The Morgan fingerprint density at radius 2 is 1.63 bits per heavy atom. The van der Waals surface area contributed by atoms with Crippen molar-refractivity contribution in [2.45, 2.75) is 19.9 Å². The summed E-state index contributed by atoms with van der Waals surface area (Å²) < 4.78 is 0. The van der Waals surface area contributed by atoms with E-state index in [0.717, 1.165) is 0 Å². The maximum absolute atomic E-state index is 3.26. The van der Waals surface area contributed by atoms with Gasteiger partial charge in [-0.15, -0.1) is 0 Å². The van der Waals surface area contributed by atoms with Gasteiger partial charge in [0.25, 0.3) is 0 Å².